The molecule has 0 spiro atoms. The first-order chi connectivity index (χ1) is 22.0. The molecule has 5 heterocycles. The Balaban J connectivity index is 1.24. The standard InChI is InChI=1S/C31H40BrN10O3P/c1-39-14-16-41(17-15-39)20-8-12-42(13-9-20)25-18-24(45-3)27(30(43)40(25)2)37-31-35-19-21(32)29(38-31)36-23-7-6-22-26(34-11-10-33-22)28(23)46(4,5)44/h6-7,10-11,18-20H,8-9,12-17H2,1-5H3,(H2,35,36,37,38). The number of piperazine rings is 1. The second kappa shape index (κ2) is 13.3. The van der Waals surface area contributed by atoms with Crippen LogP contribution in [0.25, 0.3) is 11.0 Å². The van der Waals surface area contributed by atoms with Gasteiger partial charge >= 0.3 is 0 Å². The molecule has 2 fully saturated rings. The van der Waals surface area contributed by atoms with Gasteiger partial charge in [0.05, 0.1) is 28.1 Å². The monoisotopic (exact) mass is 710 g/mol. The molecule has 0 unspecified atom stereocenters. The van der Waals surface area contributed by atoms with Gasteiger partial charge in [-0.3, -0.25) is 24.2 Å². The molecule has 2 aliphatic rings. The maximum absolute atomic E-state index is 13.7. The largest absolute Gasteiger partial charge is 0.494 e. The van der Waals surface area contributed by atoms with Crippen LogP contribution in [0, 0.1) is 0 Å². The highest BCUT2D eigenvalue weighted by Gasteiger charge is 2.29. The number of likely N-dealkylation sites (N-methyl/N-ethyl adjacent to an activating group) is 1. The maximum atomic E-state index is 13.7. The summed E-state index contributed by atoms with van der Waals surface area (Å²) in [5, 5.41) is 6.97. The second-order valence-electron chi connectivity index (χ2n) is 12.2. The zero-order valence-electron chi connectivity index (χ0n) is 26.8. The number of aromatic nitrogens is 5. The van der Waals surface area contributed by atoms with Crippen LogP contribution in [0.3, 0.4) is 0 Å². The van der Waals surface area contributed by atoms with Crippen molar-refractivity contribution in [1.29, 1.82) is 0 Å². The van der Waals surface area contributed by atoms with E-state index in [-0.39, 0.29) is 17.2 Å². The Hall–Kier alpha value is -3.58. The van der Waals surface area contributed by atoms with Crippen molar-refractivity contribution >= 4 is 68.4 Å². The number of methoxy groups -OCH3 is 1. The zero-order valence-corrected chi connectivity index (χ0v) is 29.3. The molecule has 2 saturated heterocycles. The molecule has 0 bridgehead atoms. The van der Waals surface area contributed by atoms with Gasteiger partial charge in [-0.2, -0.15) is 4.98 Å². The SMILES string of the molecule is COc1cc(N2CCC(N3CCN(C)CC3)CC2)n(C)c(=O)c1Nc1ncc(Br)c(Nc2ccc3nccnc3c2P(C)(C)=O)n1. The van der Waals surface area contributed by atoms with Crippen molar-refractivity contribution in [1.82, 2.24) is 34.3 Å². The number of ether oxygens (including phenoxy) is 1. The van der Waals surface area contributed by atoms with Gasteiger partial charge < -0.3 is 29.7 Å². The number of pyridine rings is 1. The minimum absolute atomic E-state index is 0.195. The van der Waals surface area contributed by atoms with E-state index < -0.39 is 7.14 Å². The zero-order chi connectivity index (χ0) is 32.6. The summed E-state index contributed by atoms with van der Waals surface area (Å²) in [5.74, 6) is 1.85. The molecule has 15 heteroatoms. The van der Waals surface area contributed by atoms with Gasteiger partial charge in [-0.1, -0.05) is 0 Å². The number of hydrogen-bond donors (Lipinski definition) is 2. The Kier molecular flexibility index (Phi) is 9.33. The van der Waals surface area contributed by atoms with Crippen molar-refractivity contribution in [3.8, 4) is 5.75 Å². The van der Waals surface area contributed by atoms with Gasteiger partial charge in [-0.15, -0.1) is 0 Å². The molecule has 6 rings (SSSR count). The maximum Gasteiger partial charge on any atom is 0.279 e. The lowest BCUT2D eigenvalue weighted by Gasteiger charge is -2.42. The molecule has 1 aromatic carbocycles. The fourth-order valence-electron chi connectivity index (χ4n) is 6.31. The van der Waals surface area contributed by atoms with Gasteiger partial charge in [0.1, 0.15) is 30.0 Å². The predicted molar refractivity (Wildman–Crippen MR) is 187 cm³/mol. The summed E-state index contributed by atoms with van der Waals surface area (Å²) in [6.45, 7) is 9.58. The molecule has 13 nitrogen and oxygen atoms in total. The van der Waals surface area contributed by atoms with Crippen LogP contribution in [0.4, 0.5) is 29.0 Å². The van der Waals surface area contributed by atoms with Gasteiger partial charge in [0.2, 0.25) is 5.95 Å². The smallest absolute Gasteiger partial charge is 0.279 e. The Bertz CT molecular complexity index is 1850. The number of benzene rings is 1. The number of nitrogens with zero attached hydrogens (tertiary/aromatic N) is 8. The van der Waals surface area contributed by atoms with Gasteiger partial charge in [-0.05, 0) is 61.3 Å². The van der Waals surface area contributed by atoms with Crippen LogP contribution in [-0.4, -0.2) is 107 Å². The molecular formula is C31H40BrN10O3P. The van der Waals surface area contributed by atoms with E-state index in [1.54, 1.807) is 50.6 Å². The van der Waals surface area contributed by atoms with Crippen molar-refractivity contribution in [2.24, 2.45) is 7.05 Å². The highest BCUT2D eigenvalue weighted by molar-refractivity contribution is 9.10. The number of halogens is 1. The van der Waals surface area contributed by atoms with E-state index >= 15 is 0 Å². The third kappa shape index (κ3) is 6.62. The second-order valence-corrected chi connectivity index (χ2v) is 16.2. The molecule has 2 N–H and O–H groups in total. The first-order valence-electron chi connectivity index (χ1n) is 15.3. The van der Waals surface area contributed by atoms with Gasteiger partial charge in [0, 0.05) is 77.0 Å². The third-order valence-corrected chi connectivity index (χ3v) is 10.9. The van der Waals surface area contributed by atoms with Crippen LogP contribution >= 0.6 is 23.1 Å². The lowest BCUT2D eigenvalue weighted by atomic mass is 10.0. The quantitative estimate of drug-likeness (QED) is 0.258. The van der Waals surface area contributed by atoms with E-state index in [0.717, 1.165) is 57.9 Å². The number of hydrogen-bond acceptors (Lipinski definition) is 12. The number of nitrogens with one attached hydrogen (secondary N) is 2. The van der Waals surface area contributed by atoms with Crippen LogP contribution in [-0.2, 0) is 11.6 Å². The molecule has 3 aromatic heterocycles. The Morgan fingerprint density at radius 3 is 2.39 bits per heavy atom. The van der Waals surface area contributed by atoms with E-state index in [4.69, 9.17) is 4.74 Å². The molecule has 46 heavy (non-hydrogen) atoms. The highest BCUT2D eigenvalue weighted by Crippen LogP contribution is 2.41. The molecule has 4 aromatic rings. The predicted octanol–water partition coefficient (Wildman–Crippen LogP) is 3.84. The molecule has 244 valence electrons. The minimum Gasteiger partial charge on any atom is -0.494 e. The fraction of sp³-hybridized carbons (Fsp3) is 0.452. The van der Waals surface area contributed by atoms with Crippen molar-refractivity contribution in [2.45, 2.75) is 18.9 Å². The van der Waals surface area contributed by atoms with E-state index in [2.05, 4.69) is 68.2 Å². The molecule has 0 amide bonds. The molecule has 2 aliphatic heterocycles. The highest BCUT2D eigenvalue weighted by atomic mass is 79.9. The fourth-order valence-corrected chi connectivity index (χ4v) is 8.00. The van der Waals surface area contributed by atoms with E-state index in [1.165, 1.54) is 0 Å². The van der Waals surface area contributed by atoms with Crippen LogP contribution in [0.2, 0.25) is 0 Å². The molecule has 0 aliphatic carbocycles. The summed E-state index contributed by atoms with van der Waals surface area (Å²) in [6, 6.07) is 6.12. The van der Waals surface area contributed by atoms with E-state index in [9.17, 15) is 9.36 Å². The summed E-state index contributed by atoms with van der Waals surface area (Å²) in [4.78, 5) is 38.9. The van der Waals surface area contributed by atoms with Crippen molar-refractivity contribution < 1.29 is 9.30 Å². The van der Waals surface area contributed by atoms with E-state index in [0.29, 0.717) is 44.1 Å². The average Bonchev–Trinajstić information content (AvgIpc) is 3.04. The minimum atomic E-state index is -2.78. The molecule has 0 saturated carbocycles. The summed E-state index contributed by atoms with van der Waals surface area (Å²) < 4.78 is 21.3. The van der Waals surface area contributed by atoms with Gasteiger partial charge in [-0.25, -0.2) is 4.98 Å². The summed E-state index contributed by atoms with van der Waals surface area (Å²) in [5.41, 5.74) is 1.82. The van der Waals surface area contributed by atoms with Crippen molar-refractivity contribution in [3.05, 3.63) is 51.6 Å². The Morgan fingerprint density at radius 2 is 1.70 bits per heavy atom. The number of rotatable bonds is 8. The topological polar surface area (TPSA) is 134 Å². The van der Waals surface area contributed by atoms with Crippen LogP contribution in [0.15, 0.2) is 46.1 Å². The first-order valence-corrected chi connectivity index (χ1v) is 18.7. The van der Waals surface area contributed by atoms with Crippen molar-refractivity contribution in [2.75, 3.05) is 82.3 Å². The Labute approximate surface area is 276 Å². The number of piperidine rings is 1. The lowest BCUT2D eigenvalue weighted by Crippen LogP contribution is -2.52. The van der Waals surface area contributed by atoms with Crippen LogP contribution in [0.1, 0.15) is 12.8 Å². The van der Waals surface area contributed by atoms with Crippen LogP contribution in [0.5, 0.6) is 5.75 Å². The molecule has 0 atom stereocenters. The summed E-state index contributed by atoms with van der Waals surface area (Å²) >= 11 is 3.52. The van der Waals surface area contributed by atoms with Crippen molar-refractivity contribution in [3.63, 3.8) is 0 Å². The normalized spacial score (nSPS) is 17.0. The Morgan fingerprint density at radius 1 is 0.978 bits per heavy atom. The lowest BCUT2D eigenvalue weighted by molar-refractivity contribution is 0.0980. The number of fused-ring (bicyclic) bond motifs is 1. The number of anilines is 5. The summed E-state index contributed by atoms with van der Waals surface area (Å²) in [7, 11) is 2.73. The third-order valence-electron chi connectivity index (χ3n) is 8.82. The van der Waals surface area contributed by atoms with Gasteiger partial charge in [0.15, 0.2) is 5.75 Å². The van der Waals surface area contributed by atoms with E-state index in [1.807, 2.05) is 18.2 Å². The summed E-state index contributed by atoms with van der Waals surface area (Å²) in [6.07, 6.45) is 6.89. The van der Waals surface area contributed by atoms with Crippen LogP contribution < -0.4 is 31.1 Å². The van der Waals surface area contributed by atoms with Gasteiger partial charge in [0.25, 0.3) is 5.56 Å². The average molecular weight is 712 g/mol. The first kappa shape index (κ1) is 32.4. The molecule has 0 radical (unpaired) electrons. The molecular weight excluding hydrogens is 671 g/mol.